The van der Waals surface area contributed by atoms with E-state index in [-0.39, 0.29) is 0 Å². The van der Waals surface area contributed by atoms with Crippen LogP contribution in [0.3, 0.4) is 0 Å². The second-order valence-corrected chi connectivity index (χ2v) is 4.05. The van der Waals surface area contributed by atoms with E-state index in [4.69, 9.17) is 11.6 Å². The number of fused-ring (bicyclic) bond motifs is 1. The third-order valence-corrected chi connectivity index (χ3v) is 3.23. The molecule has 0 saturated heterocycles. The first-order valence-corrected chi connectivity index (χ1v) is 5.57. The quantitative estimate of drug-likeness (QED) is 0.653. The van der Waals surface area contributed by atoms with Gasteiger partial charge in [0.1, 0.15) is 0 Å². The van der Waals surface area contributed by atoms with Gasteiger partial charge in [-0.15, -0.1) is 11.6 Å². The lowest BCUT2D eigenvalue weighted by molar-refractivity contribution is 0.543. The summed E-state index contributed by atoms with van der Waals surface area (Å²) in [5.41, 5.74) is 1.40. The molecule has 0 saturated carbocycles. The molecule has 0 atom stereocenters. The van der Waals surface area contributed by atoms with Crippen LogP contribution in [0, 0.1) is 0 Å². The second-order valence-electron chi connectivity index (χ2n) is 2.84. The lowest BCUT2D eigenvalue weighted by Gasteiger charge is -2.15. The Morgan fingerprint density at radius 3 is 3.42 bits per heavy atom. The van der Waals surface area contributed by atoms with Crippen LogP contribution in [0.25, 0.3) is 0 Å². The van der Waals surface area contributed by atoms with Crippen molar-refractivity contribution in [1.82, 2.24) is 4.90 Å². The van der Waals surface area contributed by atoms with Crippen LogP contribution in [-0.4, -0.2) is 29.0 Å². The molecule has 2 rings (SSSR count). The summed E-state index contributed by atoms with van der Waals surface area (Å²) >= 11 is 7.38. The van der Waals surface area contributed by atoms with Crippen molar-refractivity contribution in [3.63, 3.8) is 0 Å². The molecule has 2 nitrogen and oxygen atoms in total. The van der Waals surface area contributed by atoms with Crippen LogP contribution < -0.4 is 0 Å². The molecule has 0 aromatic carbocycles. The minimum atomic E-state index is 0.752. The van der Waals surface area contributed by atoms with Gasteiger partial charge in [0.15, 0.2) is 5.17 Å². The molecule has 66 valence electrons. The number of alkyl halides is 1. The molecule has 2 aliphatic rings. The first-order valence-electron chi connectivity index (χ1n) is 4.15. The molecule has 0 fully saturated rings. The number of amidine groups is 1. The number of halogens is 1. The normalized spacial score (nSPS) is 20.9. The summed E-state index contributed by atoms with van der Waals surface area (Å²) in [5, 5.41) is 3.38. The summed E-state index contributed by atoms with van der Waals surface area (Å²) in [7, 11) is 0. The molecule has 12 heavy (non-hydrogen) atoms. The van der Waals surface area contributed by atoms with Gasteiger partial charge in [0.25, 0.3) is 0 Å². The Kier molecular flexibility index (Phi) is 2.61. The van der Waals surface area contributed by atoms with Crippen LogP contribution in [0.15, 0.2) is 16.1 Å². The van der Waals surface area contributed by atoms with Gasteiger partial charge < -0.3 is 4.90 Å². The predicted octanol–water partition coefficient (Wildman–Crippen LogP) is 2.27. The van der Waals surface area contributed by atoms with E-state index < -0.39 is 0 Å². The van der Waals surface area contributed by atoms with Gasteiger partial charge in [-0.1, -0.05) is 11.8 Å². The van der Waals surface area contributed by atoms with Crippen molar-refractivity contribution in [2.45, 2.75) is 12.8 Å². The zero-order valence-electron chi connectivity index (χ0n) is 6.79. The van der Waals surface area contributed by atoms with E-state index in [1.54, 1.807) is 11.8 Å². The number of hydrogen-bond donors (Lipinski definition) is 0. The van der Waals surface area contributed by atoms with E-state index in [0.29, 0.717) is 0 Å². The monoisotopic (exact) mass is 202 g/mol. The van der Waals surface area contributed by atoms with Crippen LogP contribution >= 0.6 is 23.4 Å². The molecule has 0 amide bonds. The smallest absolute Gasteiger partial charge is 0.167 e. The fraction of sp³-hybridized carbons (Fsp3) is 0.625. The average molecular weight is 203 g/mol. The van der Waals surface area contributed by atoms with Gasteiger partial charge >= 0.3 is 0 Å². The van der Waals surface area contributed by atoms with Crippen molar-refractivity contribution in [1.29, 1.82) is 0 Å². The number of allylic oxidation sites excluding steroid dienone is 1. The third kappa shape index (κ3) is 1.48. The molecule has 0 unspecified atom stereocenters. The first-order chi connectivity index (χ1) is 5.92. The van der Waals surface area contributed by atoms with Gasteiger partial charge in [0, 0.05) is 18.1 Å². The maximum Gasteiger partial charge on any atom is 0.167 e. The highest BCUT2D eigenvalue weighted by Crippen LogP contribution is 2.31. The highest BCUT2D eigenvalue weighted by Gasteiger charge is 2.25. The molecule has 0 spiro atoms. The minimum Gasteiger partial charge on any atom is -0.322 e. The van der Waals surface area contributed by atoms with Crippen molar-refractivity contribution in [3.05, 3.63) is 11.1 Å². The van der Waals surface area contributed by atoms with E-state index in [1.165, 1.54) is 10.9 Å². The van der Waals surface area contributed by atoms with Crippen molar-refractivity contribution in [2.75, 3.05) is 19.0 Å². The molecule has 4 heteroatoms. The number of rotatable bonds is 3. The van der Waals surface area contributed by atoms with E-state index >= 15 is 0 Å². The molecule has 0 radical (unpaired) electrons. The van der Waals surface area contributed by atoms with E-state index in [0.717, 1.165) is 31.8 Å². The molecule has 0 N–H and O–H groups in total. The molecule has 0 aromatic rings. The summed E-state index contributed by atoms with van der Waals surface area (Å²) in [4.78, 5) is 6.68. The molecule has 0 aromatic heterocycles. The number of thioether (sulfide) groups is 1. The average Bonchev–Trinajstić information content (AvgIpc) is 2.62. The highest BCUT2D eigenvalue weighted by molar-refractivity contribution is 8.16. The van der Waals surface area contributed by atoms with E-state index in [2.05, 4.69) is 15.3 Å². The Morgan fingerprint density at radius 1 is 1.67 bits per heavy atom. The van der Waals surface area contributed by atoms with Gasteiger partial charge in [-0.05, 0) is 18.2 Å². The molecular formula is C8H11ClN2S. The van der Waals surface area contributed by atoms with Gasteiger partial charge in [0.2, 0.25) is 0 Å². The molecule has 2 heterocycles. The summed E-state index contributed by atoms with van der Waals surface area (Å²) in [6.07, 6.45) is 2.16. The maximum absolute atomic E-state index is 5.64. The Hall–Kier alpha value is -0.150. The largest absolute Gasteiger partial charge is 0.322 e. The molecule has 2 aliphatic heterocycles. The summed E-state index contributed by atoms with van der Waals surface area (Å²) in [6, 6.07) is 0. The van der Waals surface area contributed by atoms with Crippen molar-refractivity contribution in [3.8, 4) is 0 Å². The number of nitrogens with zero attached hydrogens (tertiary/aromatic N) is 2. The Morgan fingerprint density at radius 2 is 2.58 bits per heavy atom. The van der Waals surface area contributed by atoms with Gasteiger partial charge in [0.05, 0.1) is 6.54 Å². The fourth-order valence-corrected chi connectivity index (χ4v) is 2.54. The van der Waals surface area contributed by atoms with Crippen LogP contribution in [0.1, 0.15) is 12.8 Å². The van der Waals surface area contributed by atoms with Crippen molar-refractivity contribution in [2.24, 2.45) is 4.99 Å². The Labute approximate surface area is 81.7 Å². The van der Waals surface area contributed by atoms with Crippen LogP contribution in [0.4, 0.5) is 0 Å². The van der Waals surface area contributed by atoms with Gasteiger partial charge in [-0.25, -0.2) is 0 Å². The lowest BCUT2D eigenvalue weighted by Crippen LogP contribution is -2.20. The number of aliphatic imine (C=N–C) groups is 1. The van der Waals surface area contributed by atoms with Crippen LogP contribution in [0.5, 0.6) is 0 Å². The zero-order valence-corrected chi connectivity index (χ0v) is 8.37. The standard InChI is InChI=1S/C8H11ClN2S/c9-3-1-2-7-6-12-8-10-4-5-11(7)8/h6H,1-5H2. The first kappa shape index (κ1) is 8.45. The van der Waals surface area contributed by atoms with E-state index in [1.807, 2.05) is 0 Å². The SMILES string of the molecule is ClCCCC1=CSC2=NCCN12. The molecule has 0 bridgehead atoms. The van der Waals surface area contributed by atoms with Gasteiger partial charge in [-0.2, -0.15) is 0 Å². The zero-order chi connectivity index (χ0) is 8.39. The van der Waals surface area contributed by atoms with Crippen LogP contribution in [-0.2, 0) is 0 Å². The summed E-state index contributed by atoms with van der Waals surface area (Å²) in [5.74, 6) is 0.752. The lowest BCUT2D eigenvalue weighted by atomic mass is 10.2. The third-order valence-electron chi connectivity index (χ3n) is 2.02. The molecule has 0 aliphatic carbocycles. The topological polar surface area (TPSA) is 15.6 Å². The minimum absolute atomic E-state index is 0.752. The maximum atomic E-state index is 5.64. The Balaban J connectivity index is 1.95. The highest BCUT2D eigenvalue weighted by atomic mass is 35.5. The van der Waals surface area contributed by atoms with Gasteiger partial charge in [-0.3, -0.25) is 4.99 Å². The second kappa shape index (κ2) is 3.71. The summed E-state index contributed by atoms with van der Waals surface area (Å²) in [6.45, 7) is 2.02. The number of hydrogen-bond acceptors (Lipinski definition) is 3. The van der Waals surface area contributed by atoms with Crippen molar-refractivity contribution < 1.29 is 0 Å². The Bertz CT molecular complexity index is 237. The van der Waals surface area contributed by atoms with E-state index in [9.17, 15) is 0 Å². The predicted molar refractivity (Wildman–Crippen MR) is 54.6 cm³/mol. The summed E-state index contributed by atoms with van der Waals surface area (Å²) < 4.78 is 0. The van der Waals surface area contributed by atoms with Crippen LogP contribution in [0.2, 0.25) is 0 Å². The van der Waals surface area contributed by atoms with Crippen molar-refractivity contribution >= 4 is 28.5 Å². The fourth-order valence-electron chi connectivity index (χ4n) is 1.42. The molecular weight excluding hydrogens is 192 g/mol.